The molecule has 2 N–H and O–H groups in total. The van der Waals surface area contributed by atoms with Gasteiger partial charge in [0.2, 0.25) is 0 Å². The molecule has 0 unspecified atom stereocenters. The Morgan fingerprint density at radius 2 is 1.69 bits per heavy atom. The fraction of sp³-hybridized carbons (Fsp3) is 0. The van der Waals surface area contributed by atoms with E-state index < -0.39 is 5.97 Å². The minimum Gasteiger partial charge on any atom is -0.478 e. The molecule has 0 aliphatic carbocycles. The monoisotopic (exact) mass is 382 g/mol. The van der Waals surface area contributed by atoms with Gasteiger partial charge in [0.25, 0.3) is 0 Å². The predicted octanol–water partition coefficient (Wildman–Crippen LogP) is 4.68. The maximum atomic E-state index is 11.1. The van der Waals surface area contributed by atoms with Crippen LogP contribution in [-0.4, -0.2) is 27.1 Å². The number of nitrogens with one attached hydrogen (secondary N) is 1. The number of nitrogens with zero attached hydrogens (tertiary/aromatic N) is 3. The van der Waals surface area contributed by atoms with E-state index in [1.807, 2.05) is 71.5 Å². The summed E-state index contributed by atoms with van der Waals surface area (Å²) in [6.07, 6.45) is 3.60. The quantitative estimate of drug-likeness (QED) is 0.375. The van der Waals surface area contributed by atoms with Crippen LogP contribution in [-0.2, 0) is 0 Å². The Balaban J connectivity index is 1.65. The summed E-state index contributed by atoms with van der Waals surface area (Å²) in [7, 11) is 0. The lowest BCUT2D eigenvalue weighted by molar-refractivity contribution is 0.0697. The molecular formula is C23H18N4O2. The third kappa shape index (κ3) is 4.22. The van der Waals surface area contributed by atoms with Gasteiger partial charge in [-0.2, -0.15) is 10.2 Å². The van der Waals surface area contributed by atoms with Crippen molar-refractivity contribution in [1.82, 2.24) is 9.78 Å². The second kappa shape index (κ2) is 8.22. The molecule has 0 fully saturated rings. The van der Waals surface area contributed by atoms with Gasteiger partial charge in [-0.25, -0.2) is 9.48 Å². The van der Waals surface area contributed by atoms with Gasteiger partial charge >= 0.3 is 5.97 Å². The van der Waals surface area contributed by atoms with Crippen molar-refractivity contribution in [2.24, 2.45) is 5.10 Å². The third-order valence-electron chi connectivity index (χ3n) is 4.32. The highest BCUT2D eigenvalue weighted by Gasteiger charge is 2.10. The normalized spacial score (nSPS) is 10.9. The van der Waals surface area contributed by atoms with Crippen molar-refractivity contribution in [3.8, 4) is 16.9 Å². The minimum atomic E-state index is -0.979. The van der Waals surface area contributed by atoms with Gasteiger partial charge in [-0.3, -0.25) is 5.43 Å². The van der Waals surface area contributed by atoms with Crippen LogP contribution in [0.2, 0.25) is 0 Å². The Morgan fingerprint density at radius 1 is 0.966 bits per heavy atom. The SMILES string of the molecule is O=C(O)c1cccc(N/N=C\c2cn(-c3ccccc3)nc2-c2ccccc2)c1. The molecule has 1 heterocycles. The van der Waals surface area contributed by atoms with E-state index in [9.17, 15) is 4.79 Å². The topological polar surface area (TPSA) is 79.5 Å². The van der Waals surface area contributed by atoms with Gasteiger partial charge in [-0.1, -0.05) is 54.6 Å². The molecule has 29 heavy (non-hydrogen) atoms. The number of hydrogen-bond donors (Lipinski definition) is 2. The number of aromatic nitrogens is 2. The van der Waals surface area contributed by atoms with Crippen molar-refractivity contribution < 1.29 is 9.90 Å². The van der Waals surface area contributed by atoms with Crippen molar-refractivity contribution in [1.29, 1.82) is 0 Å². The largest absolute Gasteiger partial charge is 0.478 e. The van der Waals surface area contributed by atoms with E-state index in [4.69, 9.17) is 10.2 Å². The van der Waals surface area contributed by atoms with Crippen LogP contribution in [0.5, 0.6) is 0 Å². The first kappa shape index (κ1) is 18.2. The Bertz CT molecular complexity index is 1150. The van der Waals surface area contributed by atoms with Crippen molar-refractivity contribution in [3.63, 3.8) is 0 Å². The number of benzene rings is 3. The number of rotatable bonds is 6. The number of aromatic carboxylic acids is 1. The average Bonchev–Trinajstić information content (AvgIpc) is 3.19. The zero-order chi connectivity index (χ0) is 20.1. The fourth-order valence-corrected chi connectivity index (χ4v) is 2.91. The molecular weight excluding hydrogens is 364 g/mol. The Morgan fingerprint density at radius 3 is 2.41 bits per heavy atom. The van der Waals surface area contributed by atoms with Crippen molar-refractivity contribution in [2.45, 2.75) is 0 Å². The molecule has 0 radical (unpaired) electrons. The zero-order valence-electron chi connectivity index (χ0n) is 15.4. The summed E-state index contributed by atoms with van der Waals surface area (Å²) in [5.74, 6) is -0.979. The molecule has 3 aromatic carbocycles. The molecule has 0 spiro atoms. The zero-order valence-corrected chi connectivity index (χ0v) is 15.4. The first-order valence-corrected chi connectivity index (χ1v) is 9.04. The summed E-state index contributed by atoms with van der Waals surface area (Å²) in [4.78, 5) is 11.1. The van der Waals surface area contributed by atoms with E-state index in [0.29, 0.717) is 5.69 Å². The number of carbonyl (C=O) groups is 1. The molecule has 0 saturated carbocycles. The van der Waals surface area contributed by atoms with Crippen molar-refractivity contribution >= 4 is 17.9 Å². The number of para-hydroxylation sites is 1. The van der Waals surface area contributed by atoms with E-state index >= 15 is 0 Å². The van der Waals surface area contributed by atoms with Gasteiger partial charge in [0, 0.05) is 17.3 Å². The van der Waals surface area contributed by atoms with E-state index in [1.54, 1.807) is 18.3 Å². The minimum absolute atomic E-state index is 0.201. The smallest absolute Gasteiger partial charge is 0.335 e. The highest BCUT2D eigenvalue weighted by molar-refractivity contribution is 5.90. The molecule has 0 atom stereocenters. The summed E-state index contributed by atoms with van der Waals surface area (Å²) in [5.41, 5.74) is 7.25. The molecule has 0 amide bonds. The van der Waals surface area contributed by atoms with Crippen LogP contribution in [0, 0.1) is 0 Å². The lowest BCUT2D eigenvalue weighted by atomic mass is 10.1. The second-order valence-electron chi connectivity index (χ2n) is 6.34. The van der Waals surface area contributed by atoms with Crippen LogP contribution in [0.25, 0.3) is 16.9 Å². The first-order chi connectivity index (χ1) is 14.2. The summed E-state index contributed by atoms with van der Waals surface area (Å²) in [5, 5.41) is 18.1. The van der Waals surface area contributed by atoms with E-state index in [1.165, 1.54) is 12.1 Å². The maximum absolute atomic E-state index is 11.1. The Hall–Kier alpha value is -4.19. The van der Waals surface area contributed by atoms with Crippen LogP contribution >= 0.6 is 0 Å². The number of carboxylic acids is 1. The van der Waals surface area contributed by atoms with Gasteiger partial charge < -0.3 is 5.11 Å². The highest BCUT2D eigenvalue weighted by atomic mass is 16.4. The number of hydrogen-bond acceptors (Lipinski definition) is 4. The van der Waals surface area contributed by atoms with Crippen LogP contribution < -0.4 is 5.43 Å². The lowest BCUT2D eigenvalue weighted by Gasteiger charge is -2.01. The number of anilines is 1. The van der Waals surface area contributed by atoms with Gasteiger partial charge in [0.05, 0.1) is 23.2 Å². The molecule has 4 rings (SSSR count). The summed E-state index contributed by atoms with van der Waals surface area (Å²) < 4.78 is 1.81. The van der Waals surface area contributed by atoms with Crippen LogP contribution in [0.3, 0.4) is 0 Å². The maximum Gasteiger partial charge on any atom is 0.335 e. The lowest BCUT2D eigenvalue weighted by Crippen LogP contribution is -1.97. The standard InChI is InChI=1S/C23H18N4O2/c28-23(29)18-10-7-11-20(14-18)25-24-15-19-16-27(21-12-5-2-6-13-21)26-22(19)17-8-3-1-4-9-17/h1-16,25H,(H,28,29)/b24-15-. The summed E-state index contributed by atoms with van der Waals surface area (Å²) >= 11 is 0. The summed E-state index contributed by atoms with van der Waals surface area (Å²) in [6, 6.07) is 26.2. The third-order valence-corrected chi connectivity index (χ3v) is 4.32. The number of carboxylic acid groups (broad SMARTS) is 1. The first-order valence-electron chi connectivity index (χ1n) is 9.04. The molecule has 142 valence electrons. The van der Waals surface area contributed by atoms with E-state index in [2.05, 4.69) is 10.5 Å². The van der Waals surface area contributed by atoms with Crippen molar-refractivity contribution in [2.75, 3.05) is 5.43 Å². The fourth-order valence-electron chi connectivity index (χ4n) is 2.91. The average molecular weight is 382 g/mol. The van der Waals surface area contributed by atoms with Crippen LogP contribution in [0.4, 0.5) is 5.69 Å². The Labute approximate surface area is 167 Å². The molecule has 0 aliphatic rings. The highest BCUT2D eigenvalue weighted by Crippen LogP contribution is 2.22. The van der Waals surface area contributed by atoms with Gasteiger partial charge in [0.15, 0.2) is 0 Å². The van der Waals surface area contributed by atoms with Crippen LogP contribution in [0.1, 0.15) is 15.9 Å². The molecule has 6 heteroatoms. The van der Waals surface area contributed by atoms with E-state index in [-0.39, 0.29) is 5.56 Å². The van der Waals surface area contributed by atoms with Gasteiger partial charge in [-0.05, 0) is 30.3 Å². The predicted molar refractivity (Wildman–Crippen MR) is 114 cm³/mol. The molecule has 0 saturated heterocycles. The van der Waals surface area contributed by atoms with E-state index in [0.717, 1.165) is 22.5 Å². The molecule has 0 aliphatic heterocycles. The van der Waals surface area contributed by atoms with Gasteiger partial charge in [-0.15, -0.1) is 0 Å². The Kier molecular flexibility index (Phi) is 5.16. The van der Waals surface area contributed by atoms with Gasteiger partial charge in [0.1, 0.15) is 5.69 Å². The molecule has 6 nitrogen and oxygen atoms in total. The number of hydrazone groups is 1. The van der Waals surface area contributed by atoms with Crippen molar-refractivity contribution in [3.05, 3.63) is 102 Å². The van der Waals surface area contributed by atoms with Crippen LogP contribution in [0.15, 0.2) is 96.2 Å². The molecule has 0 bridgehead atoms. The molecule has 4 aromatic rings. The molecule has 1 aromatic heterocycles. The second-order valence-corrected chi connectivity index (χ2v) is 6.34. The summed E-state index contributed by atoms with van der Waals surface area (Å²) in [6.45, 7) is 0.